The summed E-state index contributed by atoms with van der Waals surface area (Å²) in [7, 11) is 5.94. The second-order valence-electron chi connectivity index (χ2n) is 4.89. The van der Waals surface area contributed by atoms with Crippen molar-refractivity contribution in [2.24, 2.45) is 0 Å². The van der Waals surface area contributed by atoms with E-state index >= 15 is 0 Å². The number of pyridine rings is 1. The maximum Gasteiger partial charge on any atom is 0.145 e. The average molecular weight is 298 g/mol. The molecule has 0 aliphatic rings. The van der Waals surface area contributed by atoms with Crippen LogP contribution in [-0.2, 0) is 0 Å². The summed E-state index contributed by atoms with van der Waals surface area (Å²) in [5.41, 5.74) is 4.31. The van der Waals surface area contributed by atoms with Gasteiger partial charge in [0.25, 0.3) is 0 Å². The molecule has 2 rings (SSSR count). The van der Waals surface area contributed by atoms with E-state index in [1.807, 2.05) is 54.0 Å². The minimum Gasteiger partial charge on any atom is -0.294 e. The van der Waals surface area contributed by atoms with Crippen LogP contribution < -0.4 is 0 Å². The van der Waals surface area contributed by atoms with E-state index in [1.54, 1.807) is 18.3 Å². The fourth-order valence-corrected chi connectivity index (χ4v) is 2.49. The van der Waals surface area contributed by atoms with E-state index in [0.717, 1.165) is 28.0 Å². The third-order valence-electron chi connectivity index (χ3n) is 3.43. The molecule has 0 fully saturated rings. The van der Waals surface area contributed by atoms with Crippen molar-refractivity contribution < 1.29 is 0 Å². The summed E-state index contributed by atoms with van der Waals surface area (Å²) in [6, 6.07) is 3.96. The second-order valence-corrected chi connectivity index (χ2v) is 4.89. The number of nitrogens with zero attached hydrogens (tertiary/aromatic N) is 2. The average Bonchev–Trinajstić information content (AvgIpc) is 2.87. The molecule has 0 N–H and O–H groups in total. The molecule has 0 saturated carbocycles. The summed E-state index contributed by atoms with van der Waals surface area (Å²) in [4.78, 5) is 4.54. The summed E-state index contributed by atoms with van der Waals surface area (Å²) in [5, 5.41) is 1.04. The molecule has 2 heterocycles. The van der Waals surface area contributed by atoms with Crippen molar-refractivity contribution >= 4 is 36.7 Å². The monoisotopic (exact) mass is 298 g/mol. The van der Waals surface area contributed by atoms with Gasteiger partial charge in [0.1, 0.15) is 13.5 Å². The lowest BCUT2D eigenvalue weighted by molar-refractivity contribution is 1.11. The third kappa shape index (κ3) is 3.19. The normalized spacial score (nSPS) is 12.7. The van der Waals surface area contributed by atoms with Crippen LogP contribution in [0, 0.1) is 0 Å². The number of hydrogen-bond acceptors (Lipinski definition) is 1. The van der Waals surface area contributed by atoms with Crippen molar-refractivity contribution in [2.75, 3.05) is 0 Å². The molecule has 0 aliphatic carbocycles. The first kappa shape index (κ1) is 16.6. The molecule has 2 nitrogen and oxygen atoms in total. The van der Waals surface area contributed by atoms with Crippen molar-refractivity contribution in [2.45, 2.75) is 6.92 Å². The smallest absolute Gasteiger partial charge is 0.145 e. The maximum absolute atomic E-state index is 5.94. The molecular formula is C20H19BN2. The lowest BCUT2D eigenvalue weighted by atomic mass is 9.94. The topological polar surface area (TPSA) is 17.8 Å². The van der Waals surface area contributed by atoms with Crippen molar-refractivity contribution in [1.82, 2.24) is 9.55 Å². The molecule has 3 heteroatoms. The summed E-state index contributed by atoms with van der Waals surface area (Å²) >= 11 is 0. The highest BCUT2D eigenvalue weighted by atomic mass is 15.1. The number of allylic oxidation sites excluding steroid dienone is 7. The first-order valence-electron chi connectivity index (χ1n) is 7.35. The number of aromatic nitrogens is 2. The van der Waals surface area contributed by atoms with E-state index in [0.29, 0.717) is 5.47 Å². The van der Waals surface area contributed by atoms with Crippen molar-refractivity contribution in [3.05, 3.63) is 85.2 Å². The van der Waals surface area contributed by atoms with Gasteiger partial charge in [0, 0.05) is 22.8 Å². The highest BCUT2D eigenvalue weighted by Crippen LogP contribution is 2.30. The van der Waals surface area contributed by atoms with Gasteiger partial charge in [0.2, 0.25) is 0 Å². The van der Waals surface area contributed by atoms with Gasteiger partial charge in [-0.25, -0.2) is 4.98 Å². The Morgan fingerprint density at radius 1 is 1.30 bits per heavy atom. The third-order valence-corrected chi connectivity index (χ3v) is 3.43. The van der Waals surface area contributed by atoms with Gasteiger partial charge in [0.05, 0.1) is 5.69 Å². The van der Waals surface area contributed by atoms with Gasteiger partial charge in [0.15, 0.2) is 0 Å². The second kappa shape index (κ2) is 7.46. The first-order valence-corrected chi connectivity index (χ1v) is 7.35. The molecule has 23 heavy (non-hydrogen) atoms. The van der Waals surface area contributed by atoms with Gasteiger partial charge in [-0.3, -0.25) is 4.57 Å². The van der Waals surface area contributed by atoms with E-state index in [9.17, 15) is 0 Å². The van der Waals surface area contributed by atoms with Crippen LogP contribution >= 0.6 is 0 Å². The van der Waals surface area contributed by atoms with Gasteiger partial charge in [-0.2, -0.15) is 0 Å². The van der Waals surface area contributed by atoms with Crippen LogP contribution in [0.5, 0.6) is 0 Å². The zero-order valence-corrected chi connectivity index (χ0v) is 13.4. The van der Waals surface area contributed by atoms with Gasteiger partial charge >= 0.3 is 0 Å². The lowest BCUT2D eigenvalue weighted by Crippen LogP contribution is -2.00. The SMILES string of the molecule is [B]/C(C=C)=C/C(=C\C=C)n1c(/C=C\C)c(C=C)c2cccnc21. The minimum absolute atomic E-state index is 0.572. The van der Waals surface area contributed by atoms with Gasteiger partial charge in [-0.1, -0.05) is 49.5 Å². The van der Waals surface area contributed by atoms with Crippen molar-refractivity contribution in [3.63, 3.8) is 0 Å². The Morgan fingerprint density at radius 3 is 2.70 bits per heavy atom. The van der Waals surface area contributed by atoms with Crippen LogP contribution in [0.4, 0.5) is 0 Å². The minimum atomic E-state index is 0.572. The van der Waals surface area contributed by atoms with E-state index in [2.05, 4.69) is 24.7 Å². The van der Waals surface area contributed by atoms with Crippen LogP contribution in [0.25, 0.3) is 28.9 Å². The molecule has 0 aromatic carbocycles. The largest absolute Gasteiger partial charge is 0.294 e. The van der Waals surface area contributed by atoms with Crippen LogP contribution in [0.3, 0.4) is 0 Å². The fourth-order valence-electron chi connectivity index (χ4n) is 2.49. The van der Waals surface area contributed by atoms with E-state index < -0.39 is 0 Å². The molecule has 0 saturated heterocycles. The zero-order chi connectivity index (χ0) is 16.8. The van der Waals surface area contributed by atoms with Crippen LogP contribution in [-0.4, -0.2) is 17.4 Å². The predicted octanol–water partition coefficient (Wildman–Crippen LogP) is 4.98. The molecule has 2 aromatic rings. The van der Waals surface area contributed by atoms with Gasteiger partial charge in [-0.15, -0.1) is 0 Å². The Labute approximate surface area is 139 Å². The Kier molecular flexibility index (Phi) is 5.37. The fraction of sp³-hybridized carbons (Fsp3) is 0.0500. The van der Waals surface area contributed by atoms with E-state index in [4.69, 9.17) is 7.85 Å². The molecular weight excluding hydrogens is 279 g/mol. The number of fused-ring (bicyclic) bond motifs is 1. The maximum atomic E-state index is 5.94. The Balaban J connectivity index is 2.93. The van der Waals surface area contributed by atoms with Gasteiger partial charge in [-0.05, 0) is 37.3 Å². The molecule has 0 unspecified atom stereocenters. The standard InChI is InChI=1S/C20H19BN2/c1-5-10-16(14-15(21)7-3)23-19(11-6-2)17(8-4)18-12-9-13-22-20(18)23/h5-14H,1,3-4H2,2H3/b11-6-,15-14+,16-10+. The Morgan fingerprint density at radius 2 is 2.09 bits per heavy atom. The molecule has 112 valence electrons. The predicted molar refractivity (Wildman–Crippen MR) is 103 cm³/mol. The molecule has 0 bridgehead atoms. The van der Waals surface area contributed by atoms with E-state index in [-0.39, 0.29) is 0 Å². The first-order chi connectivity index (χ1) is 11.2. The number of rotatable bonds is 6. The quantitative estimate of drug-likeness (QED) is 0.543. The molecule has 0 spiro atoms. The van der Waals surface area contributed by atoms with Crippen molar-refractivity contribution in [1.29, 1.82) is 0 Å². The molecule has 2 radical (unpaired) electrons. The van der Waals surface area contributed by atoms with E-state index in [1.165, 1.54) is 0 Å². The highest BCUT2D eigenvalue weighted by Gasteiger charge is 2.15. The Hall–Kier alpha value is -2.81. The van der Waals surface area contributed by atoms with Crippen LogP contribution in [0.2, 0.25) is 0 Å². The number of hydrogen-bond donors (Lipinski definition) is 0. The summed E-state index contributed by atoms with van der Waals surface area (Å²) in [6.07, 6.45) is 14.7. The lowest BCUT2D eigenvalue weighted by Gasteiger charge is -2.10. The summed E-state index contributed by atoms with van der Waals surface area (Å²) in [6.45, 7) is 13.4. The summed E-state index contributed by atoms with van der Waals surface area (Å²) in [5.74, 6) is 0. The van der Waals surface area contributed by atoms with Crippen LogP contribution in [0.1, 0.15) is 18.2 Å². The van der Waals surface area contributed by atoms with Crippen LogP contribution in [0.15, 0.2) is 73.9 Å². The highest BCUT2D eigenvalue weighted by molar-refractivity contribution is 6.24. The zero-order valence-electron chi connectivity index (χ0n) is 13.4. The van der Waals surface area contributed by atoms with Crippen molar-refractivity contribution in [3.8, 4) is 0 Å². The Bertz CT molecular complexity index is 848. The van der Waals surface area contributed by atoms with Gasteiger partial charge < -0.3 is 0 Å². The molecule has 2 aromatic heterocycles. The molecule has 0 atom stereocenters. The molecule has 0 amide bonds. The summed E-state index contributed by atoms with van der Waals surface area (Å²) < 4.78 is 2.05. The molecule has 0 aliphatic heterocycles.